The number of methoxy groups -OCH3 is 1. The van der Waals surface area contributed by atoms with E-state index in [1.54, 1.807) is 35.5 Å². The Bertz CT molecular complexity index is 1170. The fraction of sp³-hybridized carbons (Fsp3) is 0.308. The monoisotopic (exact) mass is 535 g/mol. The van der Waals surface area contributed by atoms with E-state index in [4.69, 9.17) is 16.3 Å². The van der Waals surface area contributed by atoms with E-state index in [-0.39, 0.29) is 36.4 Å². The number of nitrogens with one attached hydrogen (secondary N) is 1. The zero-order valence-corrected chi connectivity index (χ0v) is 21.7. The van der Waals surface area contributed by atoms with Gasteiger partial charge in [0.15, 0.2) is 0 Å². The van der Waals surface area contributed by atoms with Gasteiger partial charge in [-0.2, -0.15) is 0 Å². The van der Waals surface area contributed by atoms with Crippen LogP contribution in [0, 0.1) is 18.6 Å². The fourth-order valence-electron chi connectivity index (χ4n) is 3.47. The van der Waals surface area contributed by atoms with E-state index in [2.05, 4.69) is 5.32 Å². The van der Waals surface area contributed by atoms with Crippen molar-refractivity contribution in [3.8, 4) is 0 Å². The molecule has 0 fully saturated rings. The summed E-state index contributed by atoms with van der Waals surface area (Å²) >= 11 is 7.38. The summed E-state index contributed by atoms with van der Waals surface area (Å²) in [6.45, 7) is 3.09. The molecule has 0 spiro atoms. The third kappa shape index (κ3) is 8.01. The molecule has 3 rings (SSSR count). The predicted molar refractivity (Wildman–Crippen MR) is 138 cm³/mol. The molecule has 3 amide bonds. The first-order chi connectivity index (χ1) is 17.3. The smallest absolute Gasteiger partial charge is 0.322 e. The molecule has 0 aliphatic carbocycles. The normalized spacial score (nSPS) is 10.8. The highest BCUT2D eigenvalue weighted by Crippen LogP contribution is 2.21. The molecule has 10 heteroatoms. The van der Waals surface area contributed by atoms with Gasteiger partial charge in [-0.1, -0.05) is 23.7 Å². The lowest BCUT2D eigenvalue weighted by Gasteiger charge is -2.28. The Balaban J connectivity index is 1.78. The fourth-order valence-corrected chi connectivity index (χ4v) is 4.58. The number of carbonyl (C=O) groups is 2. The highest BCUT2D eigenvalue weighted by atomic mass is 35.5. The zero-order valence-electron chi connectivity index (χ0n) is 20.1. The molecule has 0 aliphatic rings. The summed E-state index contributed by atoms with van der Waals surface area (Å²) in [7, 11) is 1.56. The van der Waals surface area contributed by atoms with Gasteiger partial charge >= 0.3 is 6.03 Å². The van der Waals surface area contributed by atoms with Crippen LogP contribution in [0.25, 0.3) is 0 Å². The van der Waals surface area contributed by atoms with Crippen molar-refractivity contribution in [2.45, 2.75) is 26.4 Å². The van der Waals surface area contributed by atoms with Gasteiger partial charge in [-0.05, 0) is 66.2 Å². The van der Waals surface area contributed by atoms with E-state index in [0.717, 1.165) is 22.1 Å². The first-order valence-electron chi connectivity index (χ1n) is 11.3. The Morgan fingerprint density at radius 1 is 1.06 bits per heavy atom. The van der Waals surface area contributed by atoms with Gasteiger partial charge in [-0.25, -0.2) is 13.6 Å². The maximum atomic E-state index is 13.5. The molecular weight excluding hydrogens is 508 g/mol. The van der Waals surface area contributed by atoms with Crippen LogP contribution in [0.4, 0.5) is 19.3 Å². The van der Waals surface area contributed by atoms with E-state index >= 15 is 0 Å². The molecule has 0 saturated heterocycles. The minimum absolute atomic E-state index is 0.119. The number of ether oxygens (including phenoxy) is 1. The standard InChI is InChI=1S/C26H28ClF2N3O3S/c1-18-10-13-36-24(18)16-32(15-19-4-6-20(28)7-5-19)25(33)17-31(11-3-12-35-2)26(34)30-21-8-9-23(29)22(27)14-21/h4-10,13-14H,3,11-12,15-17H2,1-2H3,(H,30,34). The van der Waals surface area contributed by atoms with E-state index in [9.17, 15) is 18.4 Å². The van der Waals surface area contributed by atoms with Crippen LogP contribution < -0.4 is 5.32 Å². The van der Waals surface area contributed by atoms with Crippen LogP contribution in [0.5, 0.6) is 0 Å². The number of hydrogen-bond donors (Lipinski definition) is 1. The van der Waals surface area contributed by atoms with Gasteiger partial charge in [0, 0.05) is 37.4 Å². The lowest BCUT2D eigenvalue weighted by atomic mass is 10.2. The largest absolute Gasteiger partial charge is 0.385 e. The average Bonchev–Trinajstić information content (AvgIpc) is 3.26. The number of anilines is 1. The lowest BCUT2D eigenvalue weighted by molar-refractivity contribution is -0.133. The molecule has 192 valence electrons. The second-order valence-corrected chi connectivity index (χ2v) is 9.64. The van der Waals surface area contributed by atoms with Crippen LogP contribution in [0.1, 0.15) is 22.4 Å². The molecule has 2 aromatic carbocycles. The molecule has 0 saturated carbocycles. The summed E-state index contributed by atoms with van der Waals surface area (Å²) < 4.78 is 32.0. The minimum atomic E-state index is -0.595. The molecule has 1 N–H and O–H groups in total. The number of benzene rings is 2. The number of thiophene rings is 1. The molecule has 1 heterocycles. The highest BCUT2D eigenvalue weighted by molar-refractivity contribution is 7.10. The second kappa shape index (κ2) is 13.3. The Kier molecular flexibility index (Phi) is 10.2. The Hall–Kier alpha value is -3.01. The predicted octanol–water partition coefficient (Wildman–Crippen LogP) is 6.09. The summed E-state index contributed by atoms with van der Waals surface area (Å²) in [4.78, 5) is 30.6. The van der Waals surface area contributed by atoms with Gasteiger partial charge in [0.2, 0.25) is 5.91 Å². The summed E-state index contributed by atoms with van der Waals surface area (Å²) in [6.07, 6.45) is 0.517. The quantitative estimate of drug-likeness (QED) is 0.302. The van der Waals surface area contributed by atoms with Crippen molar-refractivity contribution in [1.29, 1.82) is 0 Å². The van der Waals surface area contributed by atoms with Crippen LogP contribution in [-0.2, 0) is 22.6 Å². The van der Waals surface area contributed by atoms with Crippen LogP contribution in [0.15, 0.2) is 53.9 Å². The van der Waals surface area contributed by atoms with Crippen molar-refractivity contribution in [2.24, 2.45) is 0 Å². The first kappa shape index (κ1) is 27.6. The molecule has 0 unspecified atom stereocenters. The van der Waals surface area contributed by atoms with Crippen LogP contribution in [0.3, 0.4) is 0 Å². The maximum Gasteiger partial charge on any atom is 0.322 e. The summed E-state index contributed by atoms with van der Waals surface area (Å²) in [6, 6.07) is 11.3. The average molecular weight is 536 g/mol. The van der Waals surface area contributed by atoms with E-state index in [0.29, 0.717) is 25.3 Å². The molecular formula is C26H28ClF2N3O3S. The van der Waals surface area contributed by atoms with E-state index in [1.807, 2.05) is 18.4 Å². The van der Waals surface area contributed by atoms with Gasteiger partial charge in [0.05, 0.1) is 11.6 Å². The van der Waals surface area contributed by atoms with Crippen LogP contribution in [0.2, 0.25) is 5.02 Å². The third-order valence-electron chi connectivity index (χ3n) is 5.50. The number of nitrogens with zero attached hydrogens (tertiary/aromatic N) is 2. The first-order valence-corrected chi connectivity index (χ1v) is 12.6. The SMILES string of the molecule is COCCCN(CC(=O)N(Cc1ccc(F)cc1)Cc1sccc1C)C(=O)Nc1ccc(F)c(Cl)c1. The minimum Gasteiger partial charge on any atom is -0.385 e. The maximum absolute atomic E-state index is 13.5. The number of aryl methyl sites for hydroxylation is 1. The van der Waals surface area contributed by atoms with Crippen LogP contribution in [-0.4, -0.2) is 48.5 Å². The van der Waals surface area contributed by atoms with Crippen LogP contribution >= 0.6 is 22.9 Å². The van der Waals surface area contributed by atoms with Gasteiger partial charge in [-0.3, -0.25) is 4.79 Å². The van der Waals surface area contributed by atoms with Gasteiger partial charge in [0.1, 0.15) is 18.2 Å². The van der Waals surface area contributed by atoms with Crippen molar-refractivity contribution < 1.29 is 23.1 Å². The molecule has 3 aromatic rings. The molecule has 1 aromatic heterocycles. The van der Waals surface area contributed by atoms with Crippen molar-refractivity contribution in [3.63, 3.8) is 0 Å². The second-order valence-electron chi connectivity index (χ2n) is 8.23. The molecule has 0 aliphatic heterocycles. The molecule has 0 radical (unpaired) electrons. The summed E-state index contributed by atoms with van der Waals surface area (Å²) in [5.74, 6) is -1.22. The topological polar surface area (TPSA) is 61.9 Å². The van der Waals surface area contributed by atoms with Crippen molar-refractivity contribution in [2.75, 3.05) is 32.1 Å². The molecule has 6 nitrogen and oxygen atoms in total. The van der Waals surface area contributed by atoms with Gasteiger partial charge < -0.3 is 19.9 Å². The highest BCUT2D eigenvalue weighted by Gasteiger charge is 2.23. The molecule has 36 heavy (non-hydrogen) atoms. The number of amides is 3. The Labute approximate surface area is 218 Å². The van der Waals surface area contributed by atoms with Crippen molar-refractivity contribution in [1.82, 2.24) is 9.80 Å². The van der Waals surface area contributed by atoms with Gasteiger partial charge in [0.25, 0.3) is 0 Å². The Morgan fingerprint density at radius 3 is 2.44 bits per heavy atom. The third-order valence-corrected chi connectivity index (χ3v) is 6.80. The number of carbonyl (C=O) groups excluding carboxylic acids is 2. The number of rotatable bonds is 11. The van der Waals surface area contributed by atoms with Crippen molar-refractivity contribution >= 4 is 40.6 Å². The van der Waals surface area contributed by atoms with E-state index in [1.165, 1.54) is 29.2 Å². The Morgan fingerprint density at radius 2 is 1.81 bits per heavy atom. The lowest BCUT2D eigenvalue weighted by Crippen LogP contribution is -2.44. The number of hydrogen-bond acceptors (Lipinski definition) is 4. The molecule has 0 bridgehead atoms. The van der Waals surface area contributed by atoms with Crippen molar-refractivity contribution in [3.05, 3.63) is 86.6 Å². The number of urea groups is 1. The zero-order chi connectivity index (χ0) is 26.1. The van der Waals surface area contributed by atoms with E-state index < -0.39 is 11.8 Å². The number of halogens is 3. The summed E-state index contributed by atoms with van der Waals surface area (Å²) in [5, 5.41) is 4.52. The molecule has 0 atom stereocenters. The summed E-state index contributed by atoms with van der Waals surface area (Å²) in [5.41, 5.74) is 2.16. The van der Waals surface area contributed by atoms with Gasteiger partial charge in [-0.15, -0.1) is 11.3 Å².